The minimum atomic E-state index is -5.93. The van der Waals surface area contributed by atoms with E-state index in [2.05, 4.69) is 40.8 Å². The van der Waals surface area contributed by atoms with Crippen molar-refractivity contribution in [3.05, 3.63) is 106 Å². The molecule has 8 rings (SSSR count). The van der Waals surface area contributed by atoms with E-state index in [0.717, 1.165) is 34.7 Å². The van der Waals surface area contributed by atoms with Crippen LogP contribution in [-0.4, -0.2) is 45.3 Å². The van der Waals surface area contributed by atoms with Crippen molar-refractivity contribution < 1.29 is 57.1 Å². The van der Waals surface area contributed by atoms with Gasteiger partial charge in [0.1, 0.15) is 41.6 Å². The summed E-state index contributed by atoms with van der Waals surface area (Å²) in [5.41, 5.74) is -5.11. The number of anilines is 2. The first-order chi connectivity index (χ1) is 28.2. The molecule has 4 heterocycles. The molecule has 10 nitrogen and oxygen atoms in total. The van der Waals surface area contributed by atoms with Gasteiger partial charge in [-0.05, 0) is 61.1 Å². The third-order valence-electron chi connectivity index (χ3n) is 9.84. The summed E-state index contributed by atoms with van der Waals surface area (Å²) in [7, 11) is 0. The smallest absolute Gasteiger partial charge is 0.360 e. The first-order valence-electron chi connectivity index (χ1n) is 18.4. The van der Waals surface area contributed by atoms with Crippen LogP contribution in [0.5, 0.6) is 0 Å². The summed E-state index contributed by atoms with van der Waals surface area (Å²) >= 11 is 0. The second-order valence-corrected chi connectivity index (χ2v) is 15.1. The zero-order valence-corrected chi connectivity index (χ0v) is 32.6. The lowest BCUT2D eigenvalue weighted by molar-refractivity contribution is -0.290. The summed E-state index contributed by atoms with van der Waals surface area (Å²) in [4.78, 5) is 15.4. The number of benzene rings is 2. The van der Waals surface area contributed by atoms with Gasteiger partial charge in [-0.3, -0.25) is 0 Å². The summed E-state index contributed by atoms with van der Waals surface area (Å²) in [5.74, 6) is -7.99. The third kappa shape index (κ3) is 8.86. The zero-order chi connectivity index (χ0) is 45.1. The Morgan fingerprint density at radius 3 is 1.26 bits per heavy atom. The van der Waals surface area contributed by atoms with Crippen LogP contribution in [0.2, 0.25) is 0 Å². The average Bonchev–Trinajstić information content (AvgIpc) is 4.00. The van der Waals surface area contributed by atoms with Gasteiger partial charge in [0.05, 0.1) is 27.9 Å². The molecular formula is C38H35F13N10. The number of hydrogen-bond acceptors (Lipinski definition) is 8. The first kappa shape index (κ1) is 44.8. The van der Waals surface area contributed by atoms with Crippen LogP contribution >= 0.6 is 0 Å². The van der Waals surface area contributed by atoms with E-state index >= 15 is 0 Å². The number of alkyl halides is 11. The van der Waals surface area contributed by atoms with Crippen molar-refractivity contribution in [2.45, 2.75) is 101 Å². The molecule has 0 spiro atoms. The first-order valence-corrected chi connectivity index (χ1v) is 18.4. The Hall–Kier alpha value is -5.77. The molecule has 0 amide bonds. The predicted octanol–water partition coefficient (Wildman–Crippen LogP) is 10.7. The molecule has 4 aromatic heterocycles. The number of aromatic nitrogens is 8. The van der Waals surface area contributed by atoms with Crippen molar-refractivity contribution in [2.75, 3.05) is 10.6 Å². The van der Waals surface area contributed by atoms with Gasteiger partial charge in [-0.2, -0.15) is 77.5 Å². The lowest BCUT2D eigenvalue weighted by Gasteiger charge is -2.23. The normalized spacial score (nSPS) is 16.0. The molecule has 2 saturated carbocycles. The maximum absolute atomic E-state index is 14.1. The topological polar surface area (TPSA) is 110 Å². The quantitative estimate of drug-likeness (QED) is 0.153. The van der Waals surface area contributed by atoms with Crippen LogP contribution in [0.1, 0.15) is 93.9 Å². The monoisotopic (exact) mass is 878 g/mol. The molecule has 2 aliphatic rings. The Kier molecular flexibility index (Phi) is 11.2. The van der Waals surface area contributed by atoms with Crippen molar-refractivity contribution in [1.82, 2.24) is 39.2 Å². The highest BCUT2D eigenvalue weighted by Crippen LogP contribution is 2.51. The summed E-state index contributed by atoms with van der Waals surface area (Å²) in [5, 5.41) is 13.9. The average molecular weight is 879 g/mol. The molecular weight excluding hydrogens is 843 g/mol. The molecule has 2 aliphatic carbocycles. The molecule has 0 aliphatic heterocycles. The molecule has 0 bridgehead atoms. The van der Waals surface area contributed by atoms with Crippen LogP contribution in [0.4, 0.5) is 68.7 Å². The third-order valence-corrected chi connectivity index (χ3v) is 9.84. The van der Waals surface area contributed by atoms with E-state index in [-0.39, 0.29) is 29.6 Å². The van der Waals surface area contributed by atoms with E-state index in [4.69, 9.17) is 0 Å². The van der Waals surface area contributed by atoms with Gasteiger partial charge < -0.3 is 10.6 Å². The Morgan fingerprint density at radius 1 is 0.557 bits per heavy atom. The number of rotatable bonds is 7. The van der Waals surface area contributed by atoms with E-state index in [9.17, 15) is 57.1 Å². The fraction of sp³-hybridized carbons (Fsp3) is 0.421. The van der Waals surface area contributed by atoms with Gasteiger partial charge in [0.2, 0.25) is 0 Å². The molecule has 2 aromatic carbocycles. The van der Waals surface area contributed by atoms with Crippen molar-refractivity contribution in [3.8, 4) is 0 Å². The lowest BCUT2D eigenvalue weighted by Crippen LogP contribution is -2.35. The van der Waals surface area contributed by atoms with Crippen LogP contribution < -0.4 is 10.6 Å². The van der Waals surface area contributed by atoms with Gasteiger partial charge in [-0.25, -0.2) is 18.7 Å². The van der Waals surface area contributed by atoms with Crippen molar-refractivity contribution in [1.29, 1.82) is 0 Å². The van der Waals surface area contributed by atoms with Crippen molar-refractivity contribution in [3.63, 3.8) is 0 Å². The summed E-state index contributed by atoms with van der Waals surface area (Å²) < 4.78 is 173. The number of nitrogens with one attached hydrogen (secondary N) is 2. The second kappa shape index (κ2) is 15.3. The SMILES string of the molecule is CC.CC(C)(C)c1cc(NC2(c3ccc(C(F)(F)F)c(F)c3)CC2)n2ncnc2n1.Fc1cc(C2(Nc3cc(C(F)(F)C(F)(F)F)nc4ncnn34)CC2)ccc1C(F)(F)F. The highest BCUT2D eigenvalue weighted by atomic mass is 19.4. The predicted molar refractivity (Wildman–Crippen MR) is 193 cm³/mol. The maximum Gasteiger partial charge on any atom is 0.459 e. The second-order valence-electron chi connectivity index (χ2n) is 15.1. The largest absolute Gasteiger partial charge is 0.459 e. The van der Waals surface area contributed by atoms with Gasteiger partial charge in [-0.1, -0.05) is 46.8 Å². The highest BCUT2D eigenvalue weighted by Gasteiger charge is 2.60. The molecule has 0 unspecified atom stereocenters. The van der Waals surface area contributed by atoms with Crippen LogP contribution in [0, 0.1) is 11.6 Å². The van der Waals surface area contributed by atoms with Gasteiger partial charge in [0.15, 0.2) is 0 Å². The minimum Gasteiger partial charge on any atom is -0.360 e. The van der Waals surface area contributed by atoms with E-state index in [0.29, 0.717) is 48.2 Å². The van der Waals surface area contributed by atoms with Gasteiger partial charge in [0, 0.05) is 17.5 Å². The summed E-state index contributed by atoms with van der Waals surface area (Å²) in [6.45, 7) is 10.1. The molecule has 0 saturated heterocycles. The van der Waals surface area contributed by atoms with Gasteiger partial charge >= 0.3 is 24.5 Å². The Morgan fingerprint density at radius 2 is 0.934 bits per heavy atom. The van der Waals surface area contributed by atoms with Gasteiger partial charge in [0.25, 0.3) is 11.6 Å². The van der Waals surface area contributed by atoms with E-state index in [1.165, 1.54) is 16.9 Å². The van der Waals surface area contributed by atoms with Crippen LogP contribution in [0.15, 0.2) is 61.2 Å². The van der Waals surface area contributed by atoms with Crippen LogP contribution in [-0.2, 0) is 34.8 Å². The zero-order valence-electron chi connectivity index (χ0n) is 32.6. The number of hydrogen-bond donors (Lipinski definition) is 2. The summed E-state index contributed by atoms with van der Waals surface area (Å²) in [6, 6.07) is 7.56. The fourth-order valence-electron chi connectivity index (χ4n) is 6.29. The Bertz CT molecular complexity index is 2540. The fourth-order valence-corrected chi connectivity index (χ4v) is 6.29. The lowest BCUT2D eigenvalue weighted by atomic mass is 9.92. The molecule has 23 heteroatoms. The molecule has 61 heavy (non-hydrogen) atoms. The molecule has 328 valence electrons. The Labute approximate surface area is 337 Å². The molecule has 2 N–H and O–H groups in total. The molecule has 0 radical (unpaired) electrons. The molecule has 2 fully saturated rings. The number of halogens is 13. The Balaban J connectivity index is 0.000000197. The van der Waals surface area contributed by atoms with E-state index in [1.807, 2.05) is 40.7 Å². The van der Waals surface area contributed by atoms with Crippen LogP contribution in [0.3, 0.4) is 0 Å². The number of fused-ring (bicyclic) bond motifs is 2. The van der Waals surface area contributed by atoms with Gasteiger partial charge in [-0.15, -0.1) is 0 Å². The van der Waals surface area contributed by atoms with Crippen molar-refractivity contribution in [2.24, 2.45) is 0 Å². The highest BCUT2D eigenvalue weighted by molar-refractivity contribution is 5.54. The standard InChI is InChI=1S/C19H19F4N5.C17H10F9N5.C2H6/c1-17(2,3)14-9-15(28-16(26-14)24-10-25-28)27-18(6-7-18)11-4-5-12(13(20)8-11)19(21,22)23;18-10-5-8(1-2-9(10)16(21,22)23)14(3-4-14)30-12-6-11(15(19,20)17(24,25)26)29-13-27-7-28-31(12)13;1-2/h4-5,8-10,27H,6-7H2,1-3H3;1-2,5-7,30H,3-4H2;1-2H3. The number of nitrogens with zero attached hydrogens (tertiary/aromatic N) is 8. The minimum absolute atomic E-state index is 0.0622. The van der Waals surface area contributed by atoms with Crippen LogP contribution in [0.25, 0.3) is 11.6 Å². The van der Waals surface area contributed by atoms with E-state index in [1.54, 1.807) is 0 Å². The summed E-state index contributed by atoms with van der Waals surface area (Å²) in [6.07, 6.45) is -11.5. The molecule has 0 atom stereocenters. The van der Waals surface area contributed by atoms with E-state index < -0.39 is 69.8 Å². The van der Waals surface area contributed by atoms with Crippen molar-refractivity contribution >= 4 is 23.2 Å². The molecule has 6 aromatic rings. The maximum atomic E-state index is 14.1.